The number of rotatable bonds is 0. The van der Waals surface area contributed by atoms with Gasteiger partial charge in [0.2, 0.25) is 0 Å². The van der Waals surface area contributed by atoms with Gasteiger partial charge in [0, 0.05) is 27.7 Å². The summed E-state index contributed by atoms with van der Waals surface area (Å²) in [4.78, 5) is 7.81. The standard InChI is InChI=1S/C15H11N3/c1-3-7-12-10(5-1)14-11-6-2-4-8-13(11)18-15(14)17-9-16-12/h1-9,18H,(H,16,17). The number of aromatic nitrogens is 1. The van der Waals surface area contributed by atoms with Gasteiger partial charge in [-0.15, -0.1) is 0 Å². The van der Waals surface area contributed by atoms with E-state index in [0.29, 0.717) is 0 Å². The number of benzene rings is 2. The third kappa shape index (κ3) is 1.21. The van der Waals surface area contributed by atoms with Crippen molar-refractivity contribution < 1.29 is 0 Å². The van der Waals surface area contributed by atoms with E-state index < -0.39 is 0 Å². The molecule has 0 spiro atoms. The summed E-state index contributed by atoms with van der Waals surface area (Å²) in [5.74, 6) is 0.911. The number of aromatic amines is 1. The fraction of sp³-hybridized carbons (Fsp3) is 0. The molecule has 3 aromatic rings. The lowest BCUT2D eigenvalue weighted by Crippen LogP contribution is -1.93. The lowest BCUT2D eigenvalue weighted by molar-refractivity contribution is 1.39. The number of para-hydroxylation sites is 2. The topological polar surface area (TPSA) is 40.2 Å². The molecule has 2 heterocycles. The largest absolute Gasteiger partial charge is 0.346 e. The van der Waals surface area contributed by atoms with Gasteiger partial charge in [-0.3, -0.25) is 0 Å². The van der Waals surface area contributed by atoms with Crippen molar-refractivity contribution in [3.05, 3.63) is 48.5 Å². The number of hydrogen-bond donors (Lipinski definition) is 2. The van der Waals surface area contributed by atoms with Crippen LogP contribution in [0.5, 0.6) is 0 Å². The van der Waals surface area contributed by atoms with Gasteiger partial charge in [0.15, 0.2) is 0 Å². The third-order valence-corrected chi connectivity index (χ3v) is 3.30. The molecule has 0 amide bonds. The maximum Gasteiger partial charge on any atom is 0.140 e. The number of nitrogens with zero attached hydrogens (tertiary/aromatic N) is 1. The number of H-pyrrole nitrogens is 1. The van der Waals surface area contributed by atoms with Gasteiger partial charge in [0.25, 0.3) is 0 Å². The van der Waals surface area contributed by atoms with E-state index in [4.69, 9.17) is 0 Å². The molecule has 0 radical (unpaired) electrons. The second kappa shape index (κ2) is 3.47. The van der Waals surface area contributed by atoms with Crippen LogP contribution in [-0.2, 0) is 0 Å². The summed E-state index contributed by atoms with van der Waals surface area (Å²) in [6.07, 6.45) is 1.74. The van der Waals surface area contributed by atoms with E-state index in [-0.39, 0.29) is 0 Å². The van der Waals surface area contributed by atoms with E-state index in [1.54, 1.807) is 6.34 Å². The Morgan fingerprint density at radius 2 is 1.72 bits per heavy atom. The molecule has 1 aromatic heterocycles. The van der Waals surface area contributed by atoms with Crippen LogP contribution >= 0.6 is 0 Å². The van der Waals surface area contributed by atoms with E-state index in [9.17, 15) is 0 Å². The first-order valence-corrected chi connectivity index (χ1v) is 5.93. The third-order valence-electron chi connectivity index (χ3n) is 3.30. The summed E-state index contributed by atoms with van der Waals surface area (Å²) in [6, 6.07) is 16.6. The molecular formula is C15H11N3. The second-order valence-corrected chi connectivity index (χ2v) is 4.34. The Labute approximate surface area is 104 Å². The van der Waals surface area contributed by atoms with Crippen molar-refractivity contribution in [1.82, 2.24) is 4.98 Å². The molecule has 3 nitrogen and oxygen atoms in total. The molecule has 3 heteroatoms. The van der Waals surface area contributed by atoms with Crippen LogP contribution in [-0.4, -0.2) is 11.3 Å². The van der Waals surface area contributed by atoms with Crippen molar-refractivity contribution in [2.45, 2.75) is 0 Å². The number of anilines is 1. The number of aliphatic imine (C=N–C) groups is 1. The molecule has 18 heavy (non-hydrogen) atoms. The molecule has 86 valence electrons. The van der Waals surface area contributed by atoms with Gasteiger partial charge < -0.3 is 10.3 Å². The van der Waals surface area contributed by atoms with Gasteiger partial charge in [0.1, 0.15) is 5.82 Å². The van der Waals surface area contributed by atoms with Crippen molar-refractivity contribution in [2.75, 3.05) is 5.32 Å². The molecule has 0 aliphatic carbocycles. The maximum absolute atomic E-state index is 4.45. The molecule has 0 fully saturated rings. The first kappa shape index (κ1) is 9.48. The van der Waals surface area contributed by atoms with E-state index in [0.717, 1.165) is 17.0 Å². The number of hydrogen-bond acceptors (Lipinski definition) is 2. The summed E-state index contributed by atoms with van der Waals surface area (Å²) in [5, 5.41) is 4.42. The summed E-state index contributed by atoms with van der Waals surface area (Å²) >= 11 is 0. The Morgan fingerprint density at radius 1 is 0.889 bits per heavy atom. The van der Waals surface area contributed by atoms with Gasteiger partial charge in [-0.2, -0.15) is 0 Å². The fourth-order valence-corrected chi connectivity index (χ4v) is 2.49. The summed E-state index contributed by atoms with van der Waals surface area (Å²) < 4.78 is 0. The molecule has 1 aliphatic heterocycles. The van der Waals surface area contributed by atoms with Crippen molar-refractivity contribution in [1.29, 1.82) is 0 Å². The molecule has 0 unspecified atom stereocenters. The van der Waals surface area contributed by atoms with Crippen molar-refractivity contribution in [3.8, 4) is 11.1 Å². The molecule has 0 bridgehead atoms. The minimum atomic E-state index is 0.911. The smallest absolute Gasteiger partial charge is 0.140 e. The molecule has 2 aromatic carbocycles. The zero-order valence-corrected chi connectivity index (χ0v) is 9.64. The Bertz CT molecular complexity index is 768. The Hall–Kier alpha value is -2.55. The van der Waals surface area contributed by atoms with Crippen molar-refractivity contribution >= 4 is 28.7 Å². The van der Waals surface area contributed by atoms with Gasteiger partial charge >= 0.3 is 0 Å². The zero-order chi connectivity index (χ0) is 11.9. The molecule has 2 N–H and O–H groups in total. The van der Waals surface area contributed by atoms with E-state index in [1.165, 1.54) is 16.5 Å². The van der Waals surface area contributed by atoms with Crippen LogP contribution in [0, 0.1) is 0 Å². The number of fused-ring (bicyclic) bond motifs is 5. The van der Waals surface area contributed by atoms with E-state index in [1.807, 2.05) is 12.1 Å². The van der Waals surface area contributed by atoms with Crippen LogP contribution in [0.25, 0.3) is 22.0 Å². The minimum Gasteiger partial charge on any atom is -0.346 e. The van der Waals surface area contributed by atoms with Crippen LogP contribution < -0.4 is 5.32 Å². The normalized spacial score (nSPS) is 12.7. The highest BCUT2D eigenvalue weighted by Crippen LogP contribution is 2.41. The van der Waals surface area contributed by atoms with Crippen LogP contribution in [0.4, 0.5) is 11.5 Å². The lowest BCUT2D eigenvalue weighted by Gasteiger charge is -2.06. The number of nitrogens with one attached hydrogen (secondary N) is 2. The lowest BCUT2D eigenvalue weighted by atomic mass is 10.0. The predicted octanol–water partition coefficient (Wildman–Crippen LogP) is 3.92. The predicted molar refractivity (Wildman–Crippen MR) is 75.5 cm³/mol. The maximum atomic E-state index is 4.45. The molecular weight excluding hydrogens is 222 g/mol. The monoisotopic (exact) mass is 233 g/mol. The van der Waals surface area contributed by atoms with Crippen LogP contribution in [0.3, 0.4) is 0 Å². The summed E-state index contributed by atoms with van der Waals surface area (Å²) in [5.41, 5.74) is 4.56. The molecule has 1 aliphatic rings. The second-order valence-electron chi connectivity index (χ2n) is 4.34. The Balaban J connectivity index is 2.17. The molecule has 0 atom stereocenters. The van der Waals surface area contributed by atoms with Crippen LogP contribution in [0.1, 0.15) is 0 Å². The molecule has 4 rings (SSSR count). The summed E-state index contributed by atoms with van der Waals surface area (Å²) in [7, 11) is 0. The fourth-order valence-electron chi connectivity index (χ4n) is 2.49. The zero-order valence-electron chi connectivity index (χ0n) is 9.64. The van der Waals surface area contributed by atoms with Crippen molar-refractivity contribution in [3.63, 3.8) is 0 Å². The van der Waals surface area contributed by atoms with Crippen LogP contribution in [0.2, 0.25) is 0 Å². The van der Waals surface area contributed by atoms with E-state index in [2.05, 4.69) is 51.7 Å². The Kier molecular flexibility index (Phi) is 1.83. The highest BCUT2D eigenvalue weighted by molar-refractivity contribution is 6.07. The Morgan fingerprint density at radius 3 is 2.72 bits per heavy atom. The summed E-state index contributed by atoms with van der Waals surface area (Å²) in [6.45, 7) is 0. The average molecular weight is 233 g/mol. The molecule has 0 saturated heterocycles. The average Bonchev–Trinajstić information content (AvgIpc) is 2.68. The first-order chi connectivity index (χ1) is 8.93. The van der Waals surface area contributed by atoms with Crippen LogP contribution in [0.15, 0.2) is 53.5 Å². The van der Waals surface area contributed by atoms with E-state index >= 15 is 0 Å². The van der Waals surface area contributed by atoms with Gasteiger partial charge in [0.05, 0.1) is 6.34 Å². The quantitative estimate of drug-likeness (QED) is 0.607. The van der Waals surface area contributed by atoms with Crippen molar-refractivity contribution in [2.24, 2.45) is 4.99 Å². The highest BCUT2D eigenvalue weighted by Gasteiger charge is 2.16. The van der Waals surface area contributed by atoms with Gasteiger partial charge in [-0.1, -0.05) is 36.4 Å². The van der Waals surface area contributed by atoms with Gasteiger partial charge in [-0.05, 0) is 12.1 Å². The molecule has 0 saturated carbocycles. The highest BCUT2D eigenvalue weighted by atomic mass is 15.0. The van der Waals surface area contributed by atoms with Gasteiger partial charge in [-0.25, -0.2) is 4.99 Å². The first-order valence-electron chi connectivity index (χ1n) is 5.93. The SMILES string of the molecule is C1=Nc2[nH]c3ccccc3c2-c2ccccc2N1. The minimum absolute atomic E-state index is 0.911.